The van der Waals surface area contributed by atoms with Crippen LogP contribution in [0, 0.1) is 11.8 Å². The normalized spacial score (nSPS) is 15.2. The minimum absolute atomic E-state index is 0.0524. The lowest BCUT2D eigenvalue weighted by atomic mass is 9.94. The predicted octanol–water partition coefficient (Wildman–Crippen LogP) is 11.8. The fourth-order valence-corrected chi connectivity index (χ4v) is 7.72. The van der Waals surface area contributed by atoms with E-state index in [2.05, 4.69) is 39.5 Å². The van der Waals surface area contributed by atoms with Crippen molar-refractivity contribution >= 4 is 17.8 Å². The molecule has 1 heterocycles. The van der Waals surface area contributed by atoms with Crippen LogP contribution in [-0.4, -0.2) is 73.1 Å². The van der Waals surface area contributed by atoms with Crippen LogP contribution in [0.4, 0.5) is 0 Å². The van der Waals surface area contributed by atoms with Gasteiger partial charge in [0, 0.05) is 12.5 Å². The molecule has 306 valence electrons. The molecule has 0 spiro atoms. The molecule has 1 saturated heterocycles. The van der Waals surface area contributed by atoms with Crippen molar-refractivity contribution in [1.82, 2.24) is 9.80 Å². The maximum atomic E-state index is 13.7. The number of ether oxygens (including phenoxy) is 2. The van der Waals surface area contributed by atoms with Gasteiger partial charge in [0.1, 0.15) is 13.2 Å². The first kappa shape index (κ1) is 48.4. The maximum absolute atomic E-state index is 13.7. The Kier molecular flexibility index (Phi) is 31.5. The summed E-state index contributed by atoms with van der Waals surface area (Å²) in [5.74, 6) is -0.282. The molecule has 0 radical (unpaired) electrons. The van der Waals surface area contributed by atoms with Gasteiger partial charge in [0.25, 0.3) is 0 Å². The Labute approximate surface area is 322 Å². The van der Waals surface area contributed by atoms with Gasteiger partial charge in [-0.1, -0.05) is 163 Å². The van der Waals surface area contributed by atoms with E-state index in [1.165, 1.54) is 109 Å². The molecular formula is C45H86N2O5. The molecule has 1 fully saturated rings. The van der Waals surface area contributed by atoms with Crippen molar-refractivity contribution in [2.24, 2.45) is 11.8 Å². The van der Waals surface area contributed by atoms with E-state index in [4.69, 9.17) is 9.47 Å². The van der Waals surface area contributed by atoms with Crippen LogP contribution in [0.5, 0.6) is 0 Å². The molecule has 1 amide bonds. The van der Waals surface area contributed by atoms with Crippen LogP contribution in [0.15, 0.2) is 0 Å². The number of hydrogen-bond donors (Lipinski definition) is 0. The molecule has 52 heavy (non-hydrogen) atoms. The van der Waals surface area contributed by atoms with Gasteiger partial charge >= 0.3 is 11.9 Å². The Morgan fingerprint density at radius 1 is 0.519 bits per heavy atom. The minimum Gasteiger partial charge on any atom is -0.464 e. The van der Waals surface area contributed by atoms with Gasteiger partial charge in [-0.3, -0.25) is 14.4 Å². The van der Waals surface area contributed by atoms with E-state index in [9.17, 15) is 14.4 Å². The standard InChI is InChI=1S/C45H86N2O5/c1-6-10-14-18-20-25-31-41(29-23-16-12-8-3)44(49)51-37-35-47(43(48)39-40(5)46-33-27-22-28-34-46)36-38-52-45(50)42(30-24-17-13-9-4)32-26-21-19-15-11-7-2/h40-42H,6-39H2,1-5H3. The monoisotopic (exact) mass is 735 g/mol. The van der Waals surface area contributed by atoms with Crippen LogP contribution in [0.3, 0.4) is 0 Å². The summed E-state index contributed by atoms with van der Waals surface area (Å²) in [5, 5.41) is 0. The summed E-state index contributed by atoms with van der Waals surface area (Å²) < 4.78 is 11.8. The molecule has 3 unspecified atom stereocenters. The van der Waals surface area contributed by atoms with Gasteiger partial charge in [-0.2, -0.15) is 0 Å². The average Bonchev–Trinajstić information content (AvgIpc) is 3.15. The summed E-state index contributed by atoms with van der Waals surface area (Å²) in [7, 11) is 0. The van der Waals surface area contributed by atoms with Gasteiger partial charge in [0.15, 0.2) is 0 Å². The highest BCUT2D eigenvalue weighted by molar-refractivity contribution is 5.77. The van der Waals surface area contributed by atoms with Crippen molar-refractivity contribution in [2.75, 3.05) is 39.4 Å². The van der Waals surface area contributed by atoms with Crippen LogP contribution < -0.4 is 0 Å². The molecule has 0 N–H and O–H groups in total. The van der Waals surface area contributed by atoms with Gasteiger partial charge in [-0.15, -0.1) is 0 Å². The number of piperidine rings is 1. The zero-order chi connectivity index (χ0) is 38.1. The second kappa shape index (κ2) is 33.9. The maximum Gasteiger partial charge on any atom is 0.308 e. The zero-order valence-corrected chi connectivity index (χ0v) is 35.2. The van der Waals surface area contributed by atoms with E-state index in [1.807, 2.05) is 0 Å². The summed E-state index contributed by atoms with van der Waals surface area (Å²) >= 11 is 0. The highest BCUT2D eigenvalue weighted by Gasteiger charge is 2.25. The van der Waals surface area contributed by atoms with Gasteiger partial charge < -0.3 is 19.3 Å². The largest absolute Gasteiger partial charge is 0.464 e. The molecule has 0 saturated carbocycles. The first-order valence-electron chi connectivity index (χ1n) is 22.7. The number of likely N-dealkylation sites (tertiary alicyclic amines) is 1. The fraction of sp³-hybridized carbons (Fsp3) is 0.933. The lowest BCUT2D eigenvalue weighted by Gasteiger charge is -2.33. The molecule has 7 nitrogen and oxygen atoms in total. The van der Waals surface area contributed by atoms with Crippen LogP contribution in [0.25, 0.3) is 0 Å². The number of carbonyl (C=O) groups excluding carboxylic acids is 3. The van der Waals surface area contributed by atoms with Gasteiger partial charge in [0.05, 0.1) is 24.9 Å². The third-order valence-electron chi connectivity index (χ3n) is 11.3. The smallest absolute Gasteiger partial charge is 0.308 e. The highest BCUT2D eigenvalue weighted by atomic mass is 16.5. The summed E-state index contributed by atoms with van der Waals surface area (Å²) in [4.78, 5) is 44.7. The molecule has 0 bridgehead atoms. The SMILES string of the molecule is CCCCCCCCC(CCCCCC)C(=O)OCCN(CCOC(=O)C(CCCCCC)CCCCCCCC)C(=O)CC(C)N1CCCCC1. The third kappa shape index (κ3) is 24.6. The Morgan fingerprint density at radius 3 is 1.25 bits per heavy atom. The highest BCUT2D eigenvalue weighted by Crippen LogP contribution is 2.22. The van der Waals surface area contributed by atoms with Gasteiger partial charge in [-0.05, 0) is 58.5 Å². The van der Waals surface area contributed by atoms with Gasteiger partial charge in [-0.25, -0.2) is 0 Å². The van der Waals surface area contributed by atoms with E-state index >= 15 is 0 Å². The zero-order valence-electron chi connectivity index (χ0n) is 35.2. The number of amides is 1. The number of rotatable bonds is 35. The quantitative estimate of drug-likeness (QED) is 0.0477. The number of hydrogen-bond acceptors (Lipinski definition) is 6. The Bertz CT molecular complexity index is 811. The Balaban J connectivity index is 2.82. The number of unbranched alkanes of at least 4 members (excludes halogenated alkanes) is 16. The summed E-state index contributed by atoms with van der Waals surface area (Å²) in [6, 6.07) is 0.162. The molecule has 3 atom stereocenters. The third-order valence-corrected chi connectivity index (χ3v) is 11.3. The van der Waals surface area contributed by atoms with E-state index in [1.54, 1.807) is 4.90 Å². The summed E-state index contributed by atoms with van der Waals surface area (Å²) in [6.45, 7) is 14.2. The number of nitrogens with zero attached hydrogens (tertiary/aromatic N) is 2. The molecule has 7 heteroatoms. The van der Waals surface area contributed by atoms with E-state index < -0.39 is 0 Å². The van der Waals surface area contributed by atoms with Crippen molar-refractivity contribution in [3.63, 3.8) is 0 Å². The molecule has 0 aromatic heterocycles. The molecule has 0 aliphatic carbocycles. The minimum atomic E-state index is -0.105. The lowest BCUT2D eigenvalue weighted by molar-refractivity contribution is -0.152. The predicted molar refractivity (Wildman–Crippen MR) is 218 cm³/mol. The van der Waals surface area contributed by atoms with Crippen molar-refractivity contribution in [1.29, 1.82) is 0 Å². The average molecular weight is 735 g/mol. The molecule has 1 aliphatic rings. The van der Waals surface area contributed by atoms with E-state index in [-0.39, 0.29) is 48.9 Å². The van der Waals surface area contributed by atoms with E-state index in [0.717, 1.165) is 77.3 Å². The van der Waals surface area contributed by atoms with E-state index in [0.29, 0.717) is 19.5 Å². The number of esters is 2. The fourth-order valence-electron chi connectivity index (χ4n) is 7.72. The molecule has 1 rings (SSSR count). The summed E-state index contributed by atoms with van der Waals surface area (Å²) in [5.41, 5.74) is 0. The molecular weight excluding hydrogens is 649 g/mol. The van der Waals surface area contributed by atoms with Crippen molar-refractivity contribution in [3.8, 4) is 0 Å². The number of carbonyl (C=O) groups is 3. The topological polar surface area (TPSA) is 76.1 Å². The van der Waals surface area contributed by atoms with Crippen LogP contribution in [0.1, 0.15) is 214 Å². The van der Waals surface area contributed by atoms with Crippen LogP contribution >= 0.6 is 0 Å². The lowest BCUT2D eigenvalue weighted by Crippen LogP contribution is -2.43. The van der Waals surface area contributed by atoms with Crippen LogP contribution in [0.2, 0.25) is 0 Å². The second-order valence-electron chi connectivity index (χ2n) is 16.1. The second-order valence-corrected chi connectivity index (χ2v) is 16.1. The molecule has 0 aromatic rings. The summed E-state index contributed by atoms with van der Waals surface area (Å²) in [6.07, 6.45) is 31.4. The van der Waals surface area contributed by atoms with Gasteiger partial charge in [0.2, 0.25) is 5.91 Å². The van der Waals surface area contributed by atoms with Crippen molar-refractivity contribution < 1.29 is 23.9 Å². The van der Waals surface area contributed by atoms with Crippen molar-refractivity contribution in [3.05, 3.63) is 0 Å². The Hall–Kier alpha value is -1.63. The molecule has 1 aliphatic heterocycles. The molecule has 0 aromatic carbocycles. The first-order chi connectivity index (χ1) is 25.4. The Morgan fingerprint density at radius 2 is 0.865 bits per heavy atom. The van der Waals surface area contributed by atoms with Crippen LogP contribution in [-0.2, 0) is 23.9 Å². The first-order valence-corrected chi connectivity index (χ1v) is 22.7. The van der Waals surface area contributed by atoms with Crippen molar-refractivity contribution in [2.45, 2.75) is 220 Å².